The minimum atomic E-state index is -0.503. The first-order chi connectivity index (χ1) is 7.56. The quantitative estimate of drug-likeness (QED) is 0.567. The lowest BCUT2D eigenvalue weighted by atomic mass is 9.98. The van der Waals surface area contributed by atoms with E-state index in [1.54, 1.807) is 0 Å². The molecular formula is C13H29NO2. The van der Waals surface area contributed by atoms with Crippen molar-refractivity contribution in [2.24, 2.45) is 17.6 Å². The van der Waals surface area contributed by atoms with E-state index in [1.807, 2.05) is 0 Å². The highest BCUT2D eigenvalue weighted by Gasteiger charge is 2.05. The second-order valence-electron chi connectivity index (χ2n) is 5.18. The Morgan fingerprint density at radius 1 is 1.12 bits per heavy atom. The summed E-state index contributed by atoms with van der Waals surface area (Å²) >= 11 is 0. The summed E-state index contributed by atoms with van der Waals surface area (Å²) in [7, 11) is 0. The van der Waals surface area contributed by atoms with Crippen LogP contribution in [-0.2, 0) is 4.74 Å². The molecule has 0 heterocycles. The number of nitrogens with two attached hydrogens (primary N) is 1. The van der Waals surface area contributed by atoms with Gasteiger partial charge in [-0.2, -0.15) is 0 Å². The van der Waals surface area contributed by atoms with Gasteiger partial charge in [0.1, 0.15) is 0 Å². The Kier molecular flexibility index (Phi) is 9.99. The summed E-state index contributed by atoms with van der Waals surface area (Å²) in [6.07, 6.45) is 4.48. The number of rotatable bonds is 10. The third-order valence-electron chi connectivity index (χ3n) is 2.82. The largest absolute Gasteiger partial charge is 0.389 e. The van der Waals surface area contributed by atoms with Crippen LogP contribution in [0.4, 0.5) is 0 Å². The first-order valence-electron chi connectivity index (χ1n) is 6.52. The van der Waals surface area contributed by atoms with Crippen LogP contribution in [0.5, 0.6) is 0 Å². The SMILES string of the molecule is CC(C)CCCC(C)CCOCC(O)CN. The molecule has 98 valence electrons. The van der Waals surface area contributed by atoms with Crippen LogP contribution in [0, 0.1) is 11.8 Å². The van der Waals surface area contributed by atoms with Gasteiger partial charge in [0.2, 0.25) is 0 Å². The Hall–Kier alpha value is -0.120. The second kappa shape index (κ2) is 10.1. The highest BCUT2D eigenvalue weighted by molar-refractivity contribution is 4.56. The van der Waals surface area contributed by atoms with Crippen LogP contribution >= 0.6 is 0 Å². The van der Waals surface area contributed by atoms with E-state index in [-0.39, 0.29) is 6.54 Å². The van der Waals surface area contributed by atoms with Gasteiger partial charge in [0.25, 0.3) is 0 Å². The number of ether oxygens (including phenoxy) is 1. The van der Waals surface area contributed by atoms with Crippen LogP contribution in [-0.4, -0.2) is 31.0 Å². The van der Waals surface area contributed by atoms with Gasteiger partial charge in [-0.05, 0) is 18.3 Å². The van der Waals surface area contributed by atoms with Crippen molar-refractivity contribution in [1.29, 1.82) is 0 Å². The van der Waals surface area contributed by atoms with Crippen molar-refractivity contribution >= 4 is 0 Å². The fourth-order valence-electron chi connectivity index (χ4n) is 1.59. The zero-order chi connectivity index (χ0) is 12.4. The van der Waals surface area contributed by atoms with Crippen molar-refractivity contribution in [3.63, 3.8) is 0 Å². The van der Waals surface area contributed by atoms with Gasteiger partial charge >= 0.3 is 0 Å². The molecule has 2 atom stereocenters. The number of aliphatic hydroxyl groups is 1. The van der Waals surface area contributed by atoms with Crippen LogP contribution in [0.15, 0.2) is 0 Å². The third kappa shape index (κ3) is 10.4. The molecule has 0 aromatic carbocycles. The molecule has 3 heteroatoms. The van der Waals surface area contributed by atoms with E-state index in [2.05, 4.69) is 20.8 Å². The molecule has 0 fully saturated rings. The smallest absolute Gasteiger partial charge is 0.0895 e. The maximum absolute atomic E-state index is 9.18. The van der Waals surface area contributed by atoms with Crippen molar-refractivity contribution < 1.29 is 9.84 Å². The summed E-state index contributed by atoms with van der Waals surface area (Å²) < 4.78 is 5.35. The fraction of sp³-hybridized carbons (Fsp3) is 1.00. The Morgan fingerprint density at radius 3 is 2.38 bits per heavy atom. The lowest BCUT2D eigenvalue weighted by Crippen LogP contribution is -2.25. The molecule has 2 unspecified atom stereocenters. The molecule has 0 aliphatic heterocycles. The van der Waals surface area contributed by atoms with Crippen LogP contribution in [0.3, 0.4) is 0 Å². The van der Waals surface area contributed by atoms with E-state index in [9.17, 15) is 5.11 Å². The van der Waals surface area contributed by atoms with E-state index in [1.165, 1.54) is 19.3 Å². The molecule has 0 rings (SSSR count). The maximum atomic E-state index is 9.18. The molecule has 3 nitrogen and oxygen atoms in total. The number of hydrogen-bond acceptors (Lipinski definition) is 3. The van der Waals surface area contributed by atoms with Gasteiger partial charge in [0, 0.05) is 13.2 Å². The Bertz CT molecular complexity index is 151. The number of aliphatic hydroxyl groups excluding tert-OH is 1. The summed E-state index contributed by atoms with van der Waals surface area (Å²) in [4.78, 5) is 0. The van der Waals surface area contributed by atoms with Gasteiger partial charge in [0.15, 0.2) is 0 Å². The topological polar surface area (TPSA) is 55.5 Å². The molecule has 0 bridgehead atoms. The van der Waals surface area contributed by atoms with Gasteiger partial charge in [-0.3, -0.25) is 0 Å². The minimum absolute atomic E-state index is 0.282. The first kappa shape index (κ1) is 15.9. The van der Waals surface area contributed by atoms with Gasteiger partial charge in [-0.15, -0.1) is 0 Å². The van der Waals surface area contributed by atoms with E-state index in [4.69, 9.17) is 10.5 Å². The standard InChI is InChI=1S/C13H29NO2/c1-11(2)5-4-6-12(3)7-8-16-10-13(15)9-14/h11-13,15H,4-10,14H2,1-3H3. The molecule has 0 aliphatic carbocycles. The summed E-state index contributed by atoms with van der Waals surface area (Å²) in [6.45, 7) is 8.19. The van der Waals surface area contributed by atoms with Crippen molar-refractivity contribution in [2.75, 3.05) is 19.8 Å². The predicted octanol–water partition coefficient (Wildman–Crippen LogP) is 2.18. The summed E-state index contributed by atoms with van der Waals surface area (Å²) in [5, 5.41) is 9.18. The van der Waals surface area contributed by atoms with Crippen molar-refractivity contribution in [2.45, 2.75) is 52.6 Å². The second-order valence-corrected chi connectivity index (χ2v) is 5.18. The Balaban J connectivity index is 3.26. The molecule has 3 N–H and O–H groups in total. The highest BCUT2D eigenvalue weighted by atomic mass is 16.5. The molecule has 16 heavy (non-hydrogen) atoms. The minimum Gasteiger partial charge on any atom is -0.389 e. The zero-order valence-electron chi connectivity index (χ0n) is 11.1. The summed E-state index contributed by atoms with van der Waals surface area (Å²) in [5.74, 6) is 1.52. The van der Waals surface area contributed by atoms with Crippen LogP contribution in [0.25, 0.3) is 0 Å². The van der Waals surface area contributed by atoms with Crippen LogP contribution in [0.1, 0.15) is 46.5 Å². The molecule has 0 spiro atoms. The molecule has 0 saturated carbocycles. The number of hydrogen-bond donors (Lipinski definition) is 2. The van der Waals surface area contributed by atoms with Crippen molar-refractivity contribution in [1.82, 2.24) is 0 Å². The fourth-order valence-corrected chi connectivity index (χ4v) is 1.59. The van der Waals surface area contributed by atoms with Gasteiger partial charge in [-0.1, -0.05) is 40.0 Å². The zero-order valence-corrected chi connectivity index (χ0v) is 11.1. The Labute approximate surface area is 100 Å². The first-order valence-corrected chi connectivity index (χ1v) is 6.52. The van der Waals surface area contributed by atoms with Gasteiger partial charge < -0.3 is 15.6 Å². The van der Waals surface area contributed by atoms with E-state index < -0.39 is 6.10 Å². The monoisotopic (exact) mass is 231 g/mol. The van der Waals surface area contributed by atoms with Crippen molar-refractivity contribution in [3.8, 4) is 0 Å². The predicted molar refractivity (Wildman–Crippen MR) is 68.4 cm³/mol. The third-order valence-corrected chi connectivity index (χ3v) is 2.82. The van der Waals surface area contributed by atoms with E-state index in [0.717, 1.165) is 18.9 Å². The van der Waals surface area contributed by atoms with Crippen LogP contribution in [0.2, 0.25) is 0 Å². The average Bonchev–Trinajstić information content (AvgIpc) is 2.23. The molecule has 0 amide bonds. The molecular weight excluding hydrogens is 202 g/mol. The van der Waals surface area contributed by atoms with E-state index >= 15 is 0 Å². The van der Waals surface area contributed by atoms with E-state index in [0.29, 0.717) is 12.5 Å². The molecule has 0 radical (unpaired) electrons. The van der Waals surface area contributed by atoms with Gasteiger partial charge in [-0.25, -0.2) is 0 Å². The summed E-state index contributed by atoms with van der Waals surface area (Å²) in [6, 6.07) is 0. The Morgan fingerprint density at radius 2 is 1.81 bits per heavy atom. The lowest BCUT2D eigenvalue weighted by Gasteiger charge is -2.13. The molecule has 0 aromatic rings. The maximum Gasteiger partial charge on any atom is 0.0895 e. The average molecular weight is 231 g/mol. The highest BCUT2D eigenvalue weighted by Crippen LogP contribution is 2.15. The van der Waals surface area contributed by atoms with Gasteiger partial charge in [0.05, 0.1) is 12.7 Å². The normalized spacial score (nSPS) is 15.4. The molecule has 0 aliphatic rings. The molecule has 0 aromatic heterocycles. The van der Waals surface area contributed by atoms with Crippen molar-refractivity contribution in [3.05, 3.63) is 0 Å². The van der Waals surface area contributed by atoms with Crippen LogP contribution < -0.4 is 5.73 Å². The summed E-state index contributed by atoms with van der Waals surface area (Å²) in [5.41, 5.74) is 5.28. The lowest BCUT2D eigenvalue weighted by molar-refractivity contribution is 0.0359. The molecule has 0 saturated heterocycles.